The number of anilines is 2. The number of nitrogens with zero attached hydrogens (tertiary/aromatic N) is 2. The van der Waals surface area contributed by atoms with E-state index in [2.05, 4.69) is 9.69 Å². The first-order valence-corrected chi connectivity index (χ1v) is 12.8. The minimum atomic E-state index is -1.33. The van der Waals surface area contributed by atoms with Gasteiger partial charge in [-0.05, 0) is 53.8 Å². The molecule has 1 atom stereocenters. The summed E-state index contributed by atoms with van der Waals surface area (Å²) in [5.74, 6) is -2.49. The van der Waals surface area contributed by atoms with Gasteiger partial charge in [-0.15, -0.1) is 0 Å². The molecule has 0 saturated heterocycles. The number of nitrogen functional groups attached to an aromatic ring is 1. The molecule has 0 unspecified atom stereocenters. The lowest BCUT2D eigenvalue weighted by Crippen LogP contribution is -2.44. The number of primary amides is 1. The van der Waals surface area contributed by atoms with E-state index in [1.165, 1.54) is 18.2 Å². The maximum atomic E-state index is 15.2. The Bertz CT molecular complexity index is 1480. The average Bonchev–Trinajstić information content (AvgIpc) is 3.33. The molecule has 4 aromatic rings. The van der Waals surface area contributed by atoms with E-state index >= 15 is 4.39 Å². The second-order valence-corrected chi connectivity index (χ2v) is 9.15. The van der Waals surface area contributed by atoms with Crippen molar-refractivity contribution < 1.29 is 23.5 Å². The molecule has 4 rings (SSSR count). The lowest BCUT2D eigenvalue weighted by molar-refractivity contribution is -0.122. The Morgan fingerprint density at radius 2 is 1.69 bits per heavy atom. The molecular weight excluding hydrogens is 521 g/mol. The van der Waals surface area contributed by atoms with Gasteiger partial charge in [0.2, 0.25) is 5.91 Å². The van der Waals surface area contributed by atoms with E-state index in [1.807, 2.05) is 37.3 Å². The Kier molecular flexibility index (Phi) is 8.52. The van der Waals surface area contributed by atoms with Crippen LogP contribution in [0.15, 0.2) is 78.9 Å². The molecule has 3 amide bonds. The van der Waals surface area contributed by atoms with Crippen LogP contribution in [-0.2, 0) is 11.3 Å². The summed E-state index contributed by atoms with van der Waals surface area (Å²) in [6.45, 7) is 2.44. The van der Waals surface area contributed by atoms with E-state index in [0.717, 1.165) is 10.5 Å². The maximum absolute atomic E-state index is 15.2. The summed E-state index contributed by atoms with van der Waals surface area (Å²) in [6.07, 6.45) is 0. The van der Waals surface area contributed by atoms with Gasteiger partial charge in [-0.1, -0.05) is 54.6 Å². The second kappa shape index (κ2) is 12.2. The zero-order valence-corrected chi connectivity index (χ0v) is 21.8. The summed E-state index contributed by atoms with van der Waals surface area (Å²) in [4.78, 5) is 40.4. The van der Waals surface area contributed by atoms with Crippen molar-refractivity contribution in [1.29, 1.82) is 0 Å². The molecule has 0 aliphatic carbocycles. The molecule has 200 valence electrons. The van der Waals surface area contributed by atoms with Gasteiger partial charge < -0.3 is 21.5 Å². The molecule has 0 fully saturated rings. The number of aromatic nitrogens is 1. The number of hydrogen-bond acceptors (Lipinski definition) is 7. The van der Waals surface area contributed by atoms with Crippen molar-refractivity contribution in [3.05, 3.63) is 106 Å². The van der Waals surface area contributed by atoms with E-state index < -0.39 is 29.6 Å². The number of rotatable bonds is 10. The molecule has 5 N–H and O–H groups in total. The molecule has 3 aromatic carbocycles. The van der Waals surface area contributed by atoms with Crippen molar-refractivity contribution in [2.75, 3.05) is 17.2 Å². The smallest absolute Gasteiger partial charge is 0.273 e. The number of nitrogens with two attached hydrogens (primary N) is 2. The number of benzene rings is 3. The van der Waals surface area contributed by atoms with Crippen LogP contribution in [0.25, 0.3) is 0 Å². The number of amides is 3. The van der Waals surface area contributed by atoms with Crippen molar-refractivity contribution in [3.8, 4) is 5.75 Å². The van der Waals surface area contributed by atoms with Crippen LogP contribution >= 0.6 is 11.5 Å². The van der Waals surface area contributed by atoms with Crippen LogP contribution < -0.4 is 26.4 Å². The standard InChI is InChI=1S/C28H26FN5O4S/c1-2-38-19-14-12-18(13-15-19)24(27(36)32-16-17-8-4-3-5-9-17)34(21-11-7-6-10-20(21)29)28(37)25-22(30)23(26(31)35)33-39-25/h3-15,24H,2,16,30H2,1H3,(H2,31,35)(H,32,36)/t24-/m1/s1. The maximum Gasteiger partial charge on any atom is 0.273 e. The Morgan fingerprint density at radius 3 is 2.31 bits per heavy atom. The topological polar surface area (TPSA) is 141 Å². The van der Waals surface area contributed by atoms with Crippen molar-refractivity contribution in [1.82, 2.24) is 9.69 Å². The summed E-state index contributed by atoms with van der Waals surface area (Å²) in [5.41, 5.74) is 11.9. The zero-order chi connectivity index (χ0) is 27.9. The van der Waals surface area contributed by atoms with Crippen LogP contribution in [0.4, 0.5) is 15.8 Å². The van der Waals surface area contributed by atoms with Gasteiger partial charge in [-0.25, -0.2) is 4.39 Å². The fourth-order valence-corrected chi connectivity index (χ4v) is 4.71. The van der Waals surface area contributed by atoms with E-state index in [1.54, 1.807) is 30.3 Å². The first-order valence-electron chi connectivity index (χ1n) is 12.0. The van der Waals surface area contributed by atoms with Crippen molar-refractivity contribution in [2.45, 2.75) is 19.5 Å². The molecule has 0 aliphatic rings. The fourth-order valence-electron chi connectivity index (χ4n) is 3.96. The Balaban J connectivity index is 1.84. The molecule has 11 heteroatoms. The number of ether oxygens (including phenoxy) is 1. The summed E-state index contributed by atoms with van der Waals surface area (Å²) >= 11 is 0.644. The fraction of sp³-hybridized carbons (Fsp3) is 0.143. The van der Waals surface area contributed by atoms with Gasteiger partial charge >= 0.3 is 0 Å². The number of nitrogens with one attached hydrogen (secondary N) is 1. The molecule has 1 heterocycles. The van der Waals surface area contributed by atoms with E-state index in [0.29, 0.717) is 29.5 Å². The van der Waals surface area contributed by atoms with Gasteiger partial charge in [-0.3, -0.25) is 19.3 Å². The first kappa shape index (κ1) is 27.3. The van der Waals surface area contributed by atoms with Crippen LogP contribution in [0.2, 0.25) is 0 Å². The molecule has 0 bridgehead atoms. The number of carbonyl (C=O) groups is 3. The SMILES string of the molecule is CCOc1ccc([C@H](C(=O)NCc2ccccc2)N(C(=O)c2snc(C(N)=O)c2N)c2ccccc2F)cc1. The molecule has 1 aromatic heterocycles. The third-order valence-corrected chi connectivity index (χ3v) is 6.66. The second-order valence-electron chi connectivity index (χ2n) is 8.37. The first-order chi connectivity index (χ1) is 18.8. The predicted molar refractivity (Wildman–Crippen MR) is 147 cm³/mol. The highest BCUT2D eigenvalue weighted by Gasteiger charge is 2.37. The summed E-state index contributed by atoms with van der Waals surface area (Å²) in [7, 11) is 0. The van der Waals surface area contributed by atoms with E-state index in [-0.39, 0.29) is 28.5 Å². The molecule has 39 heavy (non-hydrogen) atoms. The van der Waals surface area contributed by atoms with Gasteiger partial charge in [0.15, 0.2) is 5.69 Å². The van der Waals surface area contributed by atoms with Crippen molar-refractivity contribution in [3.63, 3.8) is 0 Å². The molecule has 0 saturated carbocycles. The minimum Gasteiger partial charge on any atom is -0.494 e. The van der Waals surface area contributed by atoms with Crippen molar-refractivity contribution in [2.24, 2.45) is 5.73 Å². The Labute approximate surface area is 228 Å². The number of para-hydroxylation sites is 1. The molecule has 0 aliphatic heterocycles. The minimum absolute atomic E-state index is 0.154. The van der Waals surface area contributed by atoms with Crippen LogP contribution in [-0.4, -0.2) is 28.7 Å². The molecule has 9 nitrogen and oxygen atoms in total. The monoisotopic (exact) mass is 547 g/mol. The van der Waals surface area contributed by atoms with Crippen LogP contribution in [0.5, 0.6) is 5.75 Å². The van der Waals surface area contributed by atoms with Crippen LogP contribution in [0.1, 0.15) is 44.3 Å². The normalized spacial score (nSPS) is 11.4. The number of halogens is 1. The van der Waals surface area contributed by atoms with Gasteiger partial charge in [0.1, 0.15) is 22.5 Å². The largest absolute Gasteiger partial charge is 0.494 e. The highest BCUT2D eigenvalue weighted by atomic mass is 32.1. The summed E-state index contributed by atoms with van der Waals surface area (Å²) in [6, 6.07) is 20.0. The third kappa shape index (κ3) is 6.04. The highest BCUT2D eigenvalue weighted by Crippen LogP contribution is 2.35. The van der Waals surface area contributed by atoms with E-state index in [4.69, 9.17) is 16.2 Å². The number of carbonyl (C=O) groups excluding carboxylic acids is 3. The lowest BCUT2D eigenvalue weighted by atomic mass is 10.0. The van der Waals surface area contributed by atoms with Gasteiger partial charge in [-0.2, -0.15) is 4.37 Å². The molecule has 0 radical (unpaired) electrons. The van der Waals surface area contributed by atoms with Crippen LogP contribution in [0.3, 0.4) is 0 Å². The lowest BCUT2D eigenvalue weighted by Gasteiger charge is -2.31. The van der Waals surface area contributed by atoms with Gasteiger partial charge in [0, 0.05) is 6.54 Å². The molecular formula is C28H26FN5O4S. The Morgan fingerprint density at radius 1 is 1.03 bits per heavy atom. The highest BCUT2D eigenvalue weighted by molar-refractivity contribution is 7.09. The third-order valence-electron chi connectivity index (χ3n) is 5.81. The quantitative estimate of drug-likeness (QED) is 0.273. The van der Waals surface area contributed by atoms with E-state index in [9.17, 15) is 14.4 Å². The summed E-state index contributed by atoms with van der Waals surface area (Å²) in [5, 5.41) is 2.85. The summed E-state index contributed by atoms with van der Waals surface area (Å²) < 4.78 is 24.7. The zero-order valence-electron chi connectivity index (χ0n) is 21.0. The van der Waals surface area contributed by atoms with Crippen molar-refractivity contribution >= 4 is 40.6 Å². The van der Waals surface area contributed by atoms with Crippen LogP contribution in [0, 0.1) is 5.82 Å². The Hall–Kier alpha value is -4.77. The average molecular weight is 548 g/mol. The molecule has 0 spiro atoms. The number of hydrogen-bond donors (Lipinski definition) is 3. The van der Waals surface area contributed by atoms with Gasteiger partial charge in [0.25, 0.3) is 11.8 Å². The van der Waals surface area contributed by atoms with Gasteiger partial charge in [0.05, 0.1) is 18.0 Å². The predicted octanol–water partition coefficient (Wildman–Crippen LogP) is 4.07.